The van der Waals surface area contributed by atoms with Crippen molar-refractivity contribution in [3.8, 4) is 0 Å². The molecule has 4 aromatic carbocycles. The molecule has 0 saturated carbocycles. The van der Waals surface area contributed by atoms with E-state index in [9.17, 15) is 0 Å². The zero-order valence-electron chi connectivity index (χ0n) is 15.6. The average Bonchev–Trinajstić information content (AvgIpc) is 2.79. The maximum atomic E-state index is 2.32. The van der Waals surface area contributed by atoms with Gasteiger partial charge in [-0.3, -0.25) is 0 Å². The van der Waals surface area contributed by atoms with Gasteiger partial charge in [0.25, 0.3) is 0 Å². The molecule has 0 saturated heterocycles. The van der Waals surface area contributed by atoms with Crippen LogP contribution in [0.2, 0.25) is 0 Å². The minimum atomic E-state index is 0.339. The predicted molar refractivity (Wildman–Crippen MR) is 119 cm³/mol. The summed E-state index contributed by atoms with van der Waals surface area (Å²) in [4.78, 5) is 1.40. The Labute approximate surface area is 171 Å². The summed E-state index contributed by atoms with van der Waals surface area (Å²) >= 11 is 2.01. The van der Waals surface area contributed by atoms with Gasteiger partial charge in [0.05, 0.1) is 0 Å². The van der Waals surface area contributed by atoms with Crippen LogP contribution in [0, 0.1) is 0 Å². The highest BCUT2D eigenvalue weighted by atomic mass is 32.2. The molecule has 0 amide bonds. The van der Waals surface area contributed by atoms with E-state index in [-0.39, 0.29) is 0 Å². The molecule has 1 heterocycles. The highest BCUT2D eigenvalue weighted by molar-refractivity contribution is 7.99. The van der Waals surface area contributed by atoms with E-state index in [0.29, 0.717) is 17.1 Å². The largest absolute Gasteiger partial charge is 0.117 e. The third-order valence-corrected chi connectivity index (χ3v) is 7.11. The lowest BCUT2D eigenvalue weighted by Crippen LogP contribution is -2.23. The minimum absolute atomic E-state index is 0.339. The standard InChI is InChI=1S/C27H22S/c1-4-12-20(13-5-1)25-23-18-10-11-19-24(23)28-27(22-16-8-3-9-17-22)26(25)21-14-6-2-7-15-21/h1-19,25-27H. The smallest absolute Gasteiger partial charge is 0.0422 e. The van der Waals surface area contributed by atoms with Crippen LogP contribution in [0.5, 0.6) is 0 Å². The number of hydrogen-bond acceptors (Lipinski definition) is 1. The number of hydrogen-bond donors (Lipinski definition) is 0. The number of thioether (sulfide) groups is 1. The summed E-state index contributed by atoms with van der Waals surface area (Å²) in [6.07, 6.45) is 0. The monoisotopic (exact) mass is 378 g/mol. The molecular formula is C27H22S. The van der Waals surface area contributed by atoms with E-state index in [1.807, 2.05) is 11.8 Å². The van der Waals surface area contributed by atoms with Crippen molar-refractivity contribution < 1.29 is 0 Å². The Morgan fingerprint density at radius 3 is 1.61 bits per heavy atom. The van der Waals surface area contributed by atoms with Crippen LogP contribution in [0.15, 0.2) is 120 Å². The number of fused-ring (bicyclic) bond motifs is 1. The van der Waals surface area contributed by atoms with Gasteiger partial charge in [-0.1, -0.05) is 109 Å². The molecule has 5 rings (SSSR count). The van der Waals surface area contributed by atoms with Crippen molar-refractivity contribution in [2.75, 3.05) is 0 Å². The molecule has 0 spiro atoms. The molecule has 1 aliphatic rings. The van der Waals surface area contributed by atoms with Gasteiger partial charge in [0, 0.05) is 22.0 Å². The molecule has 1 heteroatoms. The first-order valence-electron chi connectivity index (χ1n) is 9.82. The van der Waals surface area contributed by atoms with E-state index in [2.05, 4.69) is 115 Å². The quantitative estimate of drug-likeness (QED) is 0.357. The van der Waals surface area contributed by atoms with Crippen molar-refractivity contribution >= 4 is 11.8 Å². The highest BCUT2D eigenvalue weighted by Gasteiger charge is 2.39. The zero-order chi connectivity index (χ0) is 18.8. The summed E-state index contributed by atoms with van der Waals surface area (Å²) in [6.45, 7) is 0. The van der Waals surface area contributed by atoms with Gasteiger partial charge in [-0.05, 0) is 28.3 Å². The van der Waals surface area contributed by atoms with Gasteiger partial charge in [0.15, 0.2) is 0 Å². The lowest BCUT2D eigenvalue weighted by atomic mass is 9.73. The molecule has 28 heavy (non-hydrogen) atoms. The molecular weight excluding hydrogens is 356 g/mol. The van der Waals surface area contributed by atoms with Crippen LogP contribution in [-0.4, -0.2) is 0 Å². The topological polar surface area (TPSA) is 0 Å². The molecule has 0 fully saturated rings. The Morgan fingerprint density at radius 1 is 0.464 bits per heavy atom. The normalized spacial score (nSPS) is 21.1. The van der Waals surface area contributed by atoms with E-state index < -0.39 is 0 Å². The summed E-state index contributed by atoms with van der Waals surface area (Å²) < 4.78 is 0. The fourth-order valence-electron chi connectivity index (χ4n) is 4.43. The van der Waals surface area contributed by atoms with Crippen molar-refractivity contribution in [3.05, 3.63) is 138 Å². The molecule has 0 nitrogen and oxygen atoms in total. The molecule has 136 valence electrons. The van der Waals surface area contributed by atoms with Gasteiger partial charge in [0.1, 0.15) is 0 Å². The Morgan fingerprint density at radius 2 is 0.964 bits per heavy atom. The van der Waals surface area contributed by atoms with Crippen LogP contribution in [0.25, 0.3) is 0 Å². The van der Waals surface area contributed by atoms with Gasteiger partial charge in [0.2, 0.25) is 0 Å². The van der Waals surface area contributed by atoms with Crippen molar-refractivity contribution in [3.63, 3.8) is 0 Å². The van der Waals surface area contributed by atoms with E-state index in [1.54, 1.807) is 0 Å². The molecule has 3 atom stereocenters. The average molecular weight is 379 g/mol. The SMILES string of the molecule is c1ccc(C2Sc3ccccc3C(c3ccccc3)C2c2ccccc2)cc1. The van der Waals surface area contributed by atoms with E-state index in [4.69, 9.17) is 0 Å². The third kappa shape index (κ3) is 3.16. The van der Waals surface area contributed by atoms with Crippen molar-refractivity contribution in [1.29, 1.82) is 0 Å². The second-order valence-electron chi connectivity index (χ2n) is 7.31. The summed E-state index contributed by atoms with van der Waals surface area (Å²) in [5, 5.41) is 0.378. The summed E-state index contributed by atoms with van der Waals surface area (Å²) in [5.41, 5.74) is 5.65. The molecule has 0 N–H and O–H groups in total. The van der Waals surface area contributed by atoms with Crippen molar-refractivity contribution in [2.45, 2.75) is 22.0 Å². The maximum Gasteiger partial charge on any atom is 0.0422 e. The van der Waals surface area contributed by atoms with Gasteiger partial charge < -0.3 is 0 Å². The van der Waals surface area contributed by atoms with Gasteiger partial charge in [-0.25, -0.2) is 0 Å². The number of benzene rings is 4. The fraction of sp³-hybridized carbons (Fsp3) is 0.111. The lowest BCUT2D eigenvalue weighted by molar-refractivity contribution is 0.571. The molecule has 4 aromatic rings. The van der Waals surface area contributed by atoms with Gasteiger partial charge in [-0.15, -0.1) is 11.8 Å². The Hall–Kier alpha value is -2.77. The molecule has 3 unspecified atom stereocenters. The second kappa shape index (κ2) is 7.69. The molecule has 0 bridgehead atoms. The lowest BCUT2D eigenvalue weighted by Gasteiger charge is -2.40. The van der Waals surface area contributed by atoms with Crippen LogP contribution in [0.1, 0.15) is 39.3 Å². The van der Waals surface area contributed by atoms with Gasteiger partial charge >= 0.3 is 0 Å². The third-order valence-electron chi connectivity index (χ3n) is 5.66. The highest BCUT2D eigenvalue weighted by Crippen LogP contribution is 2.59. The van der Waals surface area contributed by atoms with Crippen LogP contribution in [0.3, 0.4) is 0 Å². The van der Waals surface area contributed by atoms with Crippen molar-refractivity contribution in [2.24, 2.45) is 0 Å². The van der Waals surface area contributed by atoms with Crippen LogP contribution in [0.4, 0.5) is 0 Å². The fourth-order valence-corrected chi connectivity index (χ4v) is 5.95. The molecule has 0 aliphatic carbocycles. The Bertz CT molecular complexity index is 1040. The molecule has 0 radical (unpaired) electrons. The first-order chi connectivity index (χ1) is 13.9. The van der Waals surface area contributed by atoms with E-state index in [0.717, 1.165) is 0 Å². The van der Waals surface area contributed by atoms with Gasteiger partial charge in [-0.2, -0.15) is 0 Å². The number of rotatable bonds is 3. The van der Waals surface area contributed by atoms with Crippen molar-refractivity contribution in [1.82, 2.24) is 0 Å². The zero-order valence-corrected chi connectivity index (χ0v) is 16.4. The molecule has 1 aliphatic heterocycles. The Kier molecular flexibility index (Phi) is 4.76. The predicted octanol–water partition coefficient (Wildman–Crippen LogP) is 7.45. The van der Waals surface area contributed by atoms with Crippen LogP contribution in [-0.2, 0) is 0 Å². The minimum Gasteiger partial charge on any atom is -0.117 e. The second-order valence-corrected chi connectivity index (χ2v) is 8.50. The Balaban J connectivity index is 1.75. The summed E-state index contributed by atoms with van der Waals surface area (Å²) in [6, 6.07) is 42.0. The van der Waals surface area contributed by atoms with Crippen LogP contribution >= 0.6 is 11.8 Å². The van der Waals surface area contributed by atoms with E-state index >= 15 is 0 Å². The van der Waals surface area contributed by atoms with Crippen LogP contribution < -0.4 is 0 Å². The van der Waals surface area contributed by atoms with E-state index in [1.165, 1.54) is 27.1 Å². The first-order valence-corrected chi connectivity index (χ1v) is 10.7. The maximum absolute atomic E-state index is 2.32. The molecule has 0 aromatic heterocycles. The summed E-state index contributed by atoms with van der Waals surface area (Å²) in [7, 11) is 0. The summed E-state index contributed by atoms with van der Waals surface area (Å²) in [5.74, 6) is 0.720. The first kappa shape index (κ1) is 17.3.